The van der Waals surface area contributed by atoms with Crippen LogP contribution in [0.4, 0.5) is 5.69 Å². The van der Waals surface area contributed by atoms with Gasteiger partial charge in [-0.05, 0) is 36.6 Å². The van der Waals surface area contributed by atoms with Gasteiger partial charge in [0.1, 0.15) is 5.75 Å². The summed E-state index contributed by atoms with van der Waals surface area (Å²) in [5, 5.41) is 0. The number of anilines is 1. The summed E-state index contributed by atoms with van der Waals surface area (Å²) in [6, 6.07) is 5.98. The van der Waals surface area contributed by atoms with E-state index in [9.17, 15) is 4.79 Å². The summed E-state index contributed by atoms with van der Waals surface area (Å²) < 4.78 is 5.39. The highest BCUT2D eigenvalue weighted by atomic mass is 16.5. The van der Waals surface area contributed by atoms with Gasteiger partial charge in [0.25, 0.3) is 5.91 Å². The number of hydrogen-bond donors (Lipinski definition) is 1. The maximum atomic E-state index is 11.5. The monoisotopic (exact) mass is 299 g/mol. The molecule has 0 saturated heterocycles. The molecule has 5 nitrogen and oxygen atoms in total. The van der Waals surface area contributed by atoms with E-state index in [2.05, 4.69) is 17.1 Å². The van der Waals surface area contributed by atoms with Gasteiger partial charge < -0.3 is 15.4 Å². The van der Waals surface area contributed by atoms with Crippen molar-refractivity contribution in [1.29, 1.82) is 0 Å². The third-order valence-electron chi connectivity index (χ3n) is 3.62. The minimum atomic E-state index is -0.475. The molecule has 5 heteroatoms. The zero-order chi connectivity index (χ0) is 16.3. The molecular weight excluding hydrogens is 278 g/mol. The van der Waals surface area contributed by atoms with Gasteiger partial charge in [0.15, 0.2) is 0 Å². The molecule has 1 amide bonds. The lowest BCUT2D eigenvalue weighted by Gasteiger charge is -2.22. The molecule has 0 aliphatic heterocycles. The Morgan fingerprint density at radius 3 is 2.50 bits per heavy atom. The average molecular weight is 299 g/mol. The van der Waals surface area contributed by atoms with Crippen LogP contribution in [0.3, 0.4) is 0 Å². The fourth-order valence-electron chi connectivity index (χ4n) is 2.72. The van der Waals surface area contributed by atoms with Gasteiger partial charge in [0, 0.05) is 26.0 Å². The van der Waals surface area contributed by atoms with Gasteiger partial charge in [0.2, 0.25) is 0 Å². The fourth-order valence-corrected chi connectivity index (χ4v) is 2.72. The highest BCUT2D eigenvalue weighted by molar-refractivity contribution is 5.98. The van der Waals surface area contributed by atoms with Gasteiger partial charge in [-0.3, -0.25) is 9.78 Å². The van der Waals surface area contributed by atoms with Gasteiger partial charge in [-0.1, -0.05) is 12.1 Å². The molecule has 2 N–H and O–H groups in total. The molecule has 0 saturated carbocycles. The molecule has 2 rings (SSSR count). The van der Waals surface area contributed by atoms with E-state index in [1.54, 1.807) is 19.4 Å². The lowest BCUT2D eigenvalue weighted by atomic mass is 10.0. The van der Waals surface area contributed by atoms with E-state index in [0.717, 1.165) is 28.1 Å². The number of aromatic nitrogens is 1. The summed E-state index contributed by atoms with van der Waals surface area (Å²) >= 11 is 0. The van der Waals surface area contributed by atoms with Crippen LogP contribution in [0.25, 0.3) is 0 Å². The predicted octanol–water partition coefficient (Wildman–Crippen LogP) is 2.44. The fraction of sp³-hybridized carbons (Fsp3) is 0.294. The number of amides is 1. The van der Waals surface area contributed by atoms with Crippen LogP contribution in [0.15, 0.2) is 30.6 Å². The van der Waals surface area contributed by atoms with E-state index >= 15 is 0 Å². The zero-order valence-electron chi connectivity index (χ0n) is 13.4. The Labute approximate surface area is 130 Å². The van der Waals surface area contributed by atoms with Crippen LogP contribution in [0.1, 0.15) is 27.0 Å². The lowest BCUT2D eigenvalue weighted by Crippen LogP contribution is -2.22. The number of nitrogens with zero attached hydrogens (tertiary/aromatic N) is 2. The third kappa shape index (κ3) is 3.19. The number of benzene rings is 1. The van der Waals surface area contributed by atoms with Crippen LogP contribution < -0.4 is 15.4 Å². The van der Waals surface area contributed by atoms with Crippen molar-refractivity contribution < 1.29 is 9.53 Å². The largest absolute Gasteiger partial charge is 0.496 e. The standard InChI is InChI=1S/C17H21N3O2/c1-11-7-13(8-12(2)16(11)22-4)10-20(3)15-5-6-19-9-14(15)17(18)21/h5-9H,10H2,1-4H3,(H2,18,21). The van der Waals surface area contributed by atoms with E-state index in [0.29, 0.717) is 12.1 Å². The quantitative estimate of drug-likeness (QED) is 0.920. The van der Waals surface area contributed by atoms with Crippen molar-refractivity contribution in [3.63, 3.8) is 0 Å². The Bertz CT molecular complexity index is 675. The summed E-state index contributed by atoms with van der Waals surface area (Å²) in [5.74, 6) is 0.435. The molecule has 2 aromatic rings. The molecule has 116 valence electrons. The first-order valence-corrected chi connectivity index (χ1v) is 7.03. The van der Waals surface area contributed by atoms with E-state index in [-0.39, 0.29) is 0 Å². The summed E-state index contributed by atoms with van der Waals surface area (Å²) in [6.07, 6.45) is 3.15. The minimum absolute atomic E-state index is 0.423. The summed E-state index contributed by atoms with van der Waals surface area (Å²) in [4.78, 5) is 17.5. The molecule has 0 atom stereocenters. The Morgan fingerprint density at radius 1 is 1.32 bits per heavy atom. The number of carbonyl (C=O) groups is 1. The highest BCUT2D eigenvalue weighted by Crippen LogP contribution is 2.26. The van der Waals surface area contributed by atoms with Crippen LogP contribution >= 0.6 is 0 Å². The molecule has 1 heterocycles. The summed E-state index contributed by atoms with van der Waals surface area (Å²) in [6.45, 7) is 4.71. The molecule has 0 aliphatic carbocycles. The maximum Gasteiger partial charge on any atom is 0.252 e. The second-order valence-electron chi connectivity index (χ2n) is 5.38. The van der Waals surface area contributed by atoms with E-state index in [4.69, 9.17) is 10.5 Å². The number of rotatable bonds is 5. The first-order chi connectivity index (χ1) is 10.4. The first kappa shape index (κ1) is 15.8. The molecule has 1 aromatic carbocycles. The van der Waals surface area contributed by atoms with Crippen molar-refractivity contribution in [2.45, 2.75) is 20.4 Å². The number of pyridine rings is 1. The predicted molar refractivity (Wildman–Crippen MR) is 87.3 cm³/mol. The normalized spacial score (nSPS) is 10.4. The Kier molecular flexibility index (Phi) is 4.65. The van der Waals surface area contributed by atoms with Gasteiger partial charge in [-0.2, -0.15) is 0 Å². The number of carbonyl (C=O) groups excluding carboxylic acids is 1. The molecule has 0 radical (unpaired) electrons. The SMILES string of the molecule is COc1c(C)cc(CN(C)c2ccncc2C(N)=O)cc1C. The van der Waals surface area contributed by atoms with E-state index < -0.39 is 5.91 Å². The number of nitrogens with two attached hydrogens (primary N) is 1. The molecule has 0 aliphatic rings. The number of aryl methyl sites for hydroxylation is 2. The first-order valence-electron chi connectivity index (χ1n) is 7.03. The number of methoxy groups -OCH3 is 1. The average Bonchev–Trinajstić information content (AvgIpc) is 2.46. The number of primary amides is 1. The Morgan fingerprint density at radius 2 is 1.95 bits per heavy atom. The van der Waals surface area contributed by atoms with Crippen molar-refractivity contribution in [2.75, 3.05) is 19.1 Å². The molecule has 0 fully saturated rings. The Balaban J connectivity index is 2.30. The number of hydrogen-bond acceptors (Lipinski definition) is 4. The van der Waals surface area contributed by atoms with Crippen molar-refractivity contribution in [3.05, 3.63) is 52.8 Å². The highest BCUT2D eigenvalue weighted by Gasteiger charge is 2.13. The third-order valence-corrected chi connectivity index (χ3v) is 3.62. The van der Waals surface area contributed by atoms with Crippen molar-refractivity contribution >= 4 is 11.6 Å². The van der Waals surface area contributed by atoms with Crippen LogP contribution in [0.5, 0.6) is 5.75 Å². The maximum absolute atomic E-state index is 11.5. The van der Waals surface area contributed by atoms with Crippen molar-refractivity contribution in [2.24, 2.45) is 5.73 Å². The second-order valence-corrected chi connectivity index (χ2v) is 5.38. The summed E-state index contributed by atoms with van der Waals surface area (Å²) in [7, 11) is 3.61. The molecular formula is C17H21N3O2. The van der Waals surface area contributed by atoms with Crippen LogP contribution in [-0.4, -0.2) is 25.0 Å². The van der Waals surface area contributed by atoms with Gasteiger partial charge in [0.05, 0.1) is 18.4 Å². The van der Waals surface area contributed by atoms with Crippen molar-refractivity contribution in [3.8, 4) is 5.75 Å². The lowest BCUT2D eigenvalue weighted by molar-refractivity contribution is 0.100. The number of ether oxygens (including phenoxy) is 1. The van der Waals surface area contributed by atoms with E-state index in [1.807, 2.05) is 25.8 Å². The molecule has 1 aromatic heterocycles. The van der Waals surface area contributed by atoms with Gasteiger partial charge >= 0.3 is 0 Å². The van der Waals surface area contributed by atoms with Crippen LogP contribution in [-0.2, 0) is 6.54 Å². The second kappa shape index (κ2) is 6.47. The molecule has 0 spiro atoms. The van der Waals surface area contributed by atoms with Gasteiger partial charge in [-0.15, -0.1) is 0 Å². The molecule has 0 bridgehead atoms. The summed E-state index contributed by atoms with van der Waals surface area (Å²) in [5.41, 5.74) is 9.94. The smallest absolute Gasteiger partial charge is 0.252 e. The topological polar surface area (TPSA) is 68.4 Å². The zero-order valence-corrected chi connectivity index (χ0v) is 13.4. The molecule has 0 unspecified atom stereocenters. The van der Waals surface area contributed by atoms with Crippen LogP contribution in [0.2, 0.25) is 0 Å². The molecule has 22 heavy (non-hydrogen) atoms. The minimum Gasteiger partial charge on any atom is -0.496 e. The van der Waals surface area contributed by atoms with Crippen molar-refractivity contribution in [1.82, 2.24) is 4.98 Å². The van der Waals surface area contributed by atoms with Gasteiger partial charge in [-0.25, -0.2) is 0 Å². The Hall–Kier alpha value is -2.56. The van der Waals surface area contributed by atoms with Crippen LogP contribution in [0, 0.1) is 13.8 Å². The van der Waals surface area contributed by atoms with E-state index in [1.165, 1.54) is 6.20 Å².